The highest BCUT2D eigenvalue weighted by Crippen LogP contribution is 2.24. The largest absolute Gasteiger partial charge is 0.497 e. The zero-order valence-electron chi connectivity index (χ0n) is 20.7. The Morgan fingerprint density at radius 3 is 2.33 bits per heavy atom. The number of nitrogens with zero attached hydrogens (tertiary/aromatic N) is 2. The van der Waals surface area contributed by atoms with Gasteiger partial charge in [0.1, 0.15) is 28.6 Å². The van der Waals surface area contributed by atoms with Crippen molar-refractivity contribution in [2.45, 2.75) is 26.1 Å². The monoisotopic (exact) mass is 495 g/mol. The van der Waals surface area contributed by atoms with Crippen molar-refractivity contribution in [3.8, 4) is 17.2 Å². The van der Waals surface area contributed by atoms with Crippen molar-refractivity contribution < 1.29 is 23.4 Å². The molecule has 36 heavy (non-hydrogen) atoms. The lowest BCUT2D eigenvalue weighted by molar-refractivity contribution is 0.0945. The van der Waals surface area contributed by atoms with Gasteiger partial charge >= 0.3 is 0 Å². The molecule has 0 aliphatic carbocycles. The number of rotatable bonds is 8. The summed E-state index contributed by atoms with van der Waals surface area (Å²) in [4.78, 5) is 28.2. The number of aromatic nitrogens is 1. The first-order valence-electron chi connectivity index (χ1n) is 11.7. The molecule has 190 valence electrons. The van der Waals surface area contributed by atoms with E-state index in [2.05, 4.69) is 10.2 Å². The smallest absolute Gasteiger partial charge is 0.257 e. The van der Waals surface area contributed by atoms with Crippen LogP contribution >= 0.6 is 0 Å². The molecule has 1 N–H and O–H groups in total. The minimum Gasteiger partial charge on any atom is -0.497 e. The Hall–Kier alpha value is -3.85. The number of carbonyl (C=O) groups is 1. The topological polar surface area (TPSA) is 82.0 Å². The molecular weight excluding hydrogens is 465 g/mol. The van der Waals surface area contributed by atoms with Crippen LogP contribution < -0.4 is 25.1 Å². The summed E-state index contributed by atoms with van der Waals surface area (Å²) in [5.41, 5.74) is 2.19. The van der Waals surface area contributed by atoms with Crippen LogP contribution in [0.15, 0.2) is 53.3 Å². The van der Waals surface area contributed by atoms with Gasteiger partial charge in [-0.15, -0.1) is 0 Å². The maximum atomic E-state index is 14.5. The van der Waals surface area contributed by atoms with Crippen molar-refractivity contribution in [2.24, 2.45) is 0 Å². The van der Waals surface area contributed by atoms with E-state index in [0.717, 1.165) is 11.3 Å². The molecule has 2 heterocycles. The number of fused-ring (bicyclic) bond motifs is 1. The zero-order chi connectivity index (χ0) is 25.7. The van der Waals surface area contributed by atoms with Gasteiger partial charge in [-0.1, -0.05) is 18.2 Å². The SMILES string of the molecule is COc1ccc(CNC(=O)c2c(OC)cc(=O)n3c2CCN(Cc2ccc(OC)cc2F)CC3)cc1. The van der Waals surface area contributed by atoms with E-state index in [1.165, 1.54) is 26.4 Å². The summed E-state index contributed by atoms with van der Waals surface area (Å²) in [7, 11) is 4.54. The van der Waals surface area contributed by atoms with Crippen LogP contribution in [0.1, 0.15) is 27.2 Å². The van der Waals surface area contributed by atoms with E-state index in [9.17, 15) is 14.0 Å². The molecule has 0 unspecified atom stereocenters. The average molecular weight is 496 g/mol. The van der Waals surface area contributed by atoms with Gasteiger partial charge in [0.15, 0.2) is 0 Å². The molecule has 3 aromatic rings. The fourth-order valence-electron chi connectivity index (χ4n) is 4.40. The van der Waals surface area contributed by atoms with Gasteiger partial charge in [-0.25, -0.2) is 4.39 Å². The Morgan fingerprint density at radius 2 is 1.67 bits per heavy atom. The summed E-state index contributed by atoms with van der Waals surface area (Å²) in [6.45, 7) is 2.17. The van der Waals surface area contributed by atoms with Gasteiger partial charge in [-0.3, -0.25) is 14.5 Å². The number of nitrogens with one attached hydrogen (secondary N) is 1. The lowest BCUT2D eigenvalue weighted by Crippen LogP contribution is -2.31. The van der Waals surface area contributed by atoms with Gasteiger partial charge in [0.2, 0.25) is 0 Å². The van der Waals surface area contributed by atoms with E-state index < -0.39 is 0 Å². The molecule has 0 spiro atoms. The summed E-state index contributed by atoms with van der Waals surface area (Å²) in [5, 5.41) is 2.94. The molecule has 1 aromatic heterocycles. The number of carbonyl (C=O) groups excluding carboxylic acids is 1. The quantitative estimate of drug-likeness (QED) is 0.518. The Balaban J connectivity index is 1.54. The third kappa shape index (κ3) is 5.52. The highest BCUT2D eigenvalue weighted by molar-refractivity contribution is 5.98. The first kappa shape index (κ1) is 25.2. The maximum absolute atomic E-state index is 14.5. The highest BCUT2D eigenvalue weighted by atomic mass is 19.1. The van der Waals surface area contributed by atoms with Gasteiger partial charge in [-0.2, -0.15) is 0 Å². The van der Waals surface area contributed by atoms with E-state index in [4.69, 9.17) is 14.2 Å². The molecule has 1 aliphatic rings. The minimum atomic E-state index is -0.339. The van der Waals surface area contributed by atoms with Crippen molar-refractivity contribution >= 4 is 5.91 Å². The van der Waals surface area contributed by atoms with Crippen LogP contribution in [-0.4, -0.2) is 49.8 Å². The fourth-order valence-corrected chi connectivity index (χ4v) is 4.40. The second kappa shape index (κ2) is 11.3. The van der Waals surface area contributed by atoms with E-state index in [-0.39, 0.29) is 23.0 Å². The predicted octanol–water partition coefficient (Wildman–Crippen LogP) is 3.00. The third-order valence-corrected chi connectivity index (χ3v) is 6.40. The number of halogens is 1. The van der Waals surface area contributed by atoms with Crippen molar-refractivity contribution in [1.82, 2.24) is 14.8 Å². The maximum Gasteiger partial charge on any atom is 0.257 e. The number of methoxy groups -OCH3 is 3. The summed E-state index contributed by atoms with van der Waals surface area (Å²) in [6.07, 6.45) is 0.440. The number of ether oxygens (including phenoxy) is 3. The third-order valence-electron chi connectivity index (χ3n) is 6.40. The van der Waals surface area contributed by atoms with Crippen LogP contribution in [0.3, 0.4) is 0 Å². The second-order valence-electron chi connectivity index (χ2n) is 8.54. The number of hydrogen-bond donors (Lipinski definition) is 1. The summed E-state index contributed by atoms with van der Waals surface area (Å²) < 4.78 is 31.8. The number of pyridine rings is 1. The molecule has 1 amide bonds. The molecule has 1 aliphatic heterocycles. The van der Waals surface area contributed by atoms with Crippen molar-refractivity contribution in [2.75, 3.05) is 34.4 Å². The molecule has 2 aromatic carbocycles. The number of benzene rings is 2. The Kier molecular flexibility index (Phi) is 7.90. The van der Waals surface area contributed by atoms with Crippen LogP contribution in [0.2, 0.25) is 0 Å². The molecule has 0 bridgehead atoms. The standard InChI is InChI=1S/C27H30FN3O5/c1-34-20-7-4-18(5-8-20)16-29-27(33)26-23-10-11-30(12-13-31(23)25(32)15-24(26)36-3)17-19-6-9-21(35-2)14-22(19)28/h4-9,14-15H,10-13,16-17H2,1-3H3,(H,29,33). The highest BCUT2D eigenvalue weighted by Gasteiger charge is 2.25. The van der Waals surface area contributed by atoms with Gasteiger partial charge < -0.3 is 24.1 Å². The molecule has 9 heteroatoms. The first-order chi connectivity index (χ1) is 17.4. The Morgan fingerprint density at radius 1 is 0.944 bits per heavy atom. The van der Waals surface area contributed by atoms with Crippen molar-refractivity contribution in [3.05, 3.63) is 87.1 Å². The van der Waals surface area contributed by atoms with E-state index >= 15 is 0 Å². The fraction of sp³-hybridized carbons (Fsp3) is 0.333. The molecule has 0 fully saturated rings. The molecule has 8 nitrogen and oxygen atoms in total. The minimum absolute atomic E-state index is 0.231. The van der Waals surface area contributed by atoms with Gasteiger partial charge in [0.25, 0.3) is 11.5 Å². The molecule has 0 atom stereocenters. The molecule has 0 radical (unpaired) electrons. The normalized spacial score (nSPS) is 13.4. The van der Waals surface area contributed by atoms with Crippen LogP contribution in [0.4, 0.5) is 4.39 Å². The zero-order valence-corrected chi connectivity index (χ0v) is 20.7. The Bertz CT molecular complexity index is 1290. The van der Waals surface area contributed by atoms with Crippen LogP contribution in [0, 0.1) is 5.82 Å². The van der Waals surface area contributed by atoms with E-state index in [0.29, 0.717) is 61.7 Å². The van der Waals surface area contributed by atoms with Crippen LogP contribution in [-0.2, 0) is 26.1 Å². The summed E-state index contributed by atoms with van der Waals surface area (Å²) >= 11 is 0. The van der Waals surface area contributed by atoms with Crippen molar-refractivity contribution in [1.29, 1.82) is 0 Å². The van der Waals surface area contributed by atoms with Crippen LogP contribution in [0.5, 0.6) is 17.2 Å². The molecule has 0 saturated carbocycles. The molecular formula is C27H30FN3O5. The Labute approximate surface area is 209 Å². The van der Waals surface area contributed by atoms with Crippen molar-refractivity contribution in [3.63, 3.8) is 0 Å². The van der Waals surface area contributed by atoms with E-state index in [1.807, 2.05) is 24.3 Å². The summed E-state index contributed by atoms with van der Waals surface area (Å²) in [6, 6.07) is 13.6. The number of hydrogen-bond acceptors (Lipinski definition) is 6. The van der Waals surface area contributed by atoms with Gasteiger partial charge in [0, 0.05) is 62.5 Å². The van der Waals surface area contributed by atoms with Crippen LogP contribution in [0.25, 0.3) is 0 Å². The first-order valence-corrected chi connectivity index (χ1v) is 11.7. The average Bonchev–Trinajstić information content (AvgIpc) is 3.11. The molecule has 0 saturated heterocycles. The van der Waals surface area contributed by atoms with Gasteiger partial charge in [-0.05, 0) is 23.8 Å². The predicted molar refractivity (Wildman–Crippen MR) is 133 cm³/mol. The molecule has 4 rings (SSSR count). The lowest BCUT2D eigenvalue weighted by Gasteiger charge is -2.20. The summed E-state index contributed by atoms with van der Waals surface area (Å²) in [5.74, 6) is 0.782. The van der Waals surface area contributed by atoms with Gasteiger partial charge in [0.05, 0.1) is 21.3 Å². The van der Waals surface area contributed by atoms with E-state index in [1.54, 1.807) is 23.8 Å². The second-order valence-corrected chi connectivity index (χ2v) is 8.54. The number of amides is 1. The lowest BCUT2D eigenvalue weighted by atomic mass is 10.1.